The van der Waals surface area contributed by atoms with Crippen molar-refractivity contribution in [3.63, 3.8) is 0 Å². The first-order valence-electron chi connectivity index (χ1n) is 14.0. The number of nitrogens with zero attached hydrogens (tertiary/aromatic N) is 4. The van der Waals surface area contributed by atoms with E-state index in [1.54, 1.807) is 42.5 Å². The third kappa shape index (κ3) is 6.06. The van der Waals surface area contributed by atoms with Crippen LogP contribution in [-0.2, 0) is 10.0 Å². The van der Waals surface area contributed by atoms with Gasteiger partial charge in [-0.05, 0) is 90.3 Å². The van der Waals surface area contributed by atoms with Gasteiger partial charge in [0.2, 0.25) is 10.0 Å². The van der Waals surface area contributed by atoms with Crippen LogP contribution < -0.4 is 19.8 Å². The number of hydrogen-bond donors (Lipinski definition) is 2. The van der Waals surface area contributed by atoms with Crippen molar-refractivity contribution in [1.29, 1.82) is 0 Å². The number of sulfonamides is 1. The van der Waals surface area contributed by atoms with E-state index in [0.29, 0.717) is 54.6 Å². The van der Waals surface area contributed by atoms with Gasteiger partial charge >= 0.3 is 5.97 Å². The van der Waals surface area contributed by atoms with E-state index < -0.39 is 16.0 Å². The Hall–Kier alpha value is -4.81. The molecule has 0 radical (unpaired) electrons. The van der Waals surface area contributed by atoms with Gasteiger partial charge < -0.3 is 15.1 Å². The summed E-state index contributed by atoms with van der Waals surface area (Å²) in [4.78, 5) is 33.9. The van der Waals surface area contributed by atoms with Crippen LogP contribution in [0.5, 0.6) is 0 Å². The van der Waals surface area contributed by atoms with E-state index in [2.05, 4.69) is 25.3 Å². The SMILES string of the molecule is CCNC(=O)c1ccc2nnn(OC(=O)c3ccc(N4CCC(NS(=O)(=O)c5ccc6ccccc6c5)CC4)cc3)c2c1. The molecule has 1 aliphatic rings. The highest BCUT2D eigenvalue weighted by Crippen LogP contribution is 2.24. The lowest BCUT2D eigenvalue weighted by atomic mass is 10.1. The number of rotatable bonds is 8. The third-order valence-electron chi connectivity index (χ3n) is 7.50. The van der Waals surface area contributed by atoms with E-state index in [-0.39, 0.29) is 16.8 Å². The normalized spacial score (nSPS) is 14.2. The molecule has 0 unspecified atom stereocenters. The quantitative estimate of drug-likeness (QED) is 0.259. The van der Waals surface area contributed by atoms with E-state index >= 15 is 0 Å². The molecule has 0 saturated carbocycles. The van der Waals surface area contributed by atoms with Crippen LogP contribution in [0.15, 0.2) is 89.8 Å². The molecular weight excluding hydrogens is 568 g/mol. The molecule has 12 heteroatoms. The number of hydrogen-bond acceptors (Lipinski definition) is 8. The molecule has 2 N–H and O–H groups in total. The van der Waals surface area contributed by atoms with Crippen molar-refractivity contribution in [3.8, 4) is 0 Å². The summed E-state index contributed by atoms with van der Waals surface area (Å²) in [5.74, 6) is -0.867. The van der Waals surface area contributed by atoms with Crippen molar-refractivity contribution >= 4 is 49.4 Å². The predicted molar refractivity (Wildman–Crippen MR) is 162 cm³/mol. The molecule has 0 bridgehead atoms. The minimum absolute atomic E-state index is 0.173. The summed E-state index contributed by atoms with van der Waals surface area (Å²) in [7, 11) is -3.64. The second-order valence-electron chi connectivity index (χ2n) is 10.3. The van der Waals surface area contributed by atoms with Gasteiger partial charge in [-0.3, -0.25) is 4.79 Å². The lowest BCUT2D eigenvalue weighted by Crippen LogP contribution is -2.44. The number of carbonyl (C=O) groups is 2. The van der Waals surface area contributed by atoms with E-state index in [1.807, 2.05) is 49.4 Å². The molecule has 1 fully saturated rings. The van der Waals surface area contributed by atoms with Gasteiger partial charge in [0.05, 0.1) is 10.5 Å². The molecule has 1 amide bonds. The van der Waals surface area contributed by atoms with E-state index in [1.165, 1.54) is 0 Å². The van der Waals surface area contributed by atoms with Crippen molar-refractivity contribution in [2.24, 2.45) is 0 Å². The van der Waals surface area contributed by atoms with Crippen LogP contribution in [0, 0.1) is 0 Å². The summed E-state index contributed by atoms with van der Waals surface area (Å²) in [5.41, 5.74) is 2.53. The van der Waals surface area contributed by atoms with Crippen molar-refractivity contribution in [2.75, 3.05) is 24.5 Å². The minimum atomic E-state index is -3.64. The van der Waals surface area contributed by atoms with Gasteiger partial charge in [0.15, 0.2) is 0 Å². The summed E-state index contributed by atoms with van der Waals surface area (Å²) in [6, 6.07) is 24.5. The third-order valence-corrected chi connectivity index (χ3v) is 9.02. The number of aromatic nitrogens is 3. The topological polar surface area (TPSA) is 136 Å². The maximum absolute atomic E-state index is 13.1. The van der Waals surface area contributed by atoms with Crippen molar-refractivity contribution in [1.82, 2.24) is 25.2 Å². The summed E-state index contributed by atoms with van der Waals surface area (Å²) < 4.78 is 29.0. The average molecular weight is 599 g/mol. The van der Waals surface area contributed by atoms with E-state index in [9.17, 15) is 18.0 Å². The Morgan fingerprint density at radius 2 is 1.63 bits per heavy atom. The molecule has 1 aromatic heterocycles. The maximum Gasteiger partial charge on any atom is 0.365 e. The van der Waals surface area contributed by atoms with Crippen LogP contribution in [0.1, 0.15) is 40.5 Å². The zero-order valence-corrected chi connectivity index (χ0v) is 24.3. The fourth-order valence-electron chi connectivity index (χ4n) is 5.19. The molecule has 0 spiro atoms. The highest BCUT2D eigenvalue weighted by atomic mass is 32.2. The molecule has 220 valence electrons. The standard InChI is InChI=1S/C31H30N6O5S/c1-2-32-30(38)24-10-14-28-29(20-24)37(35-33-28)42-31(39)22-7-11-26(12-8-22)36-17-15-25(16-18-36)34-43(40,41)27-13-9-21-5-3-4-6-23(21)19-27/h3-14,19-20,25,34H,2,15-18H2,1H3,(H,32,38). The van der Waals surface area contributed by atoms with Crippen LogP contribution in [0.3, 0.4) is 0 Å². The van der Waals surface area contributed by atoms with Crippen LogP contribution in [0.4, 0.5) is 5.69 Å². The Bertz CT molecular complexity index is 1910. The number of anilines is 1. The number of nitrogens with one attached hydrogen (secondary N) is 2. The highest BCUT2D eigenvalue weighted by Gasteiger charge is 2.25. The summed E-state index contributed by atoms with van der Waals surface area (Å²) in [6.07, 6.45) is 1.29. The van der Waals surface area contributed by atoms with Crippen LogP contribution in [0.25, 0.3) is 21.8 Å². The number of piperidine rings is 1. The molecule has 0 aliphatic carbocycles. The predicted octanol–water partition coefficient (Wildman–Crippen LogP) is 3.55. The number of amides is 1. The van der Waals surface area contributed by atoms with E-state index in [0.717, 1.165) is 21.3 Å². The first-order chi connectivity index (χ1) is 20.8. The first kappa shape index (κ1) is 28.3. The molecule has 5 aromatic rings. The molecule has 6 rings (SSSR count). The first-order valence-corrected chi connectivity index (χ1v) is 15.5. The molecular formula is C31H30N6O5S. The fraction of sp³-hybridized carbons (Fsp3) is 0.226. The van der Waals surface area contributed by atoms with Gasteiger partial charge in [0.1, 0.15) is 11.0 Å². The summed E-state index contributed by atoms with van der Waals surface area (Å²) in [5, 5.41) is 12.5. The molecule has 1 aliphatic heterocycles. The Morgan fingerprint density at radius 1 is 0.907 bits per heavy atom. The van der Waals surface area contributed by atoms with Crippen molar-refractivity contribution < 1.29 is 22.8 Å². The molecule has 2 heterocycles. The largest absolute Gasteiger partial charge is 0.371 e. The Kier molecular flexibility index (Phi) is 7.78. The zero-order valence-electron chi connectivity index (χ0n) is 23.4. The van der Waals surface area contributed by atoms with Crippen LogP contribution in [0.2, 0.25) is 0 Å². The monoisotopic (exact) mass is 598 g/mol. The van der Waals surface area contributed by atoms with E-state index in [4.69, 9.17) is 4.84 Å². The smallest absolute Gasteiger partial charge is 0.365 e. The van der Waals surface area contributed by atoms with Gasteiger partial charge in [-0.1, -0.05) is 35.2 Å². The molecule has 43 heavy (non-hydrogen) atoms. The van der Waals surface area contributed by atoms with Crippen molar-refractivity contribution in [2.45, 2.75) is 30.7 Å². The van der Waals surface area contributed by atoms with Gasteiger partial charge in [0.25, 0.3) is 5.91 Å². The molecule has 4 aromatic carbocycles. The number of carbonyl (C=O) groups excluding carboxylic acids is 2. The lowest BCUT2D eigenvalue weighted by Gasteiger charge is -2.33. The zero-order chi connectivity index (χ0) is 30.0. The van der Waals surface area contributed by atoms with Gasteiger partial charge in [-0.25, -0.2) is 17.9 Å². The molecule has 11 nitrogen and oxygen atoms in total. The summed E-state index contributed by atoms with van der Waals surface area (Å²) in [6.45, 7) is 3.64. The van der Waals surface area contributed by atoms with Crippen molar-refractivity contribution in [3.05, 3.63) is 96.1 Å². The van der Waals surface area contributed by atoms with Crippen LogP contribution >= 0.6 is 0 Å². The van der Waals surface area contributed by atoms with Gasteiger partial charge in [-0.2, -0.15) is 0 Å². The van der Waals surface area contributed by atoms with Gasteiger partial charge in [0, 0.05) is 36.9 Å². The Morgan fingerprint density at radius 3 is 2.37 bits per heavy atom. The molecule has 0 atom stereocenters. The van der Waals surface area contributed by atoms with Gasteiger partial charge in [-0.15, -0.1) is 5.10 Å². The second-order valence-corrected chi connectivity index (χ2v) is 12.1. The second kappa shape index (κ2) is 11.8. The number of fused-ring (bicyclic) bond motifs is 2. The fourth-order valence-corrected chi connectivity index (χ4v) is 6.53. The maximum atomic E-state index is 13.1. The highest BCUT2D eigenvalue weighted by molar-refractivity contribution is 7.89. The molecule has 1 saturated heterocycles. The Balaban J connectivity index is 1.06. The minimum Gasteiger partial charge on any atom is -0.371 e. The average Bonchev–Trinajstić information content (AvgIpc) is 3.43. The summed E-state index contributed by atoms with van der Waals surface area (Å²) >= 11 is 0. The lowest BCUT2D eigenvalue weighted by molar-refractivity contribution is 0.0409. The number of benzene rings is 4. The van der Waals surface area contributed by atoms with Crippen LogP contribution in [-0.4, -0.2) is 61.1 Å². The Labute approximate surface area is 248 Å².